The third-order valence-corrected chi connectivity index (χ3v) is 5.41. The third kappa shape index (κ3) is 3.22. The zero-order valence-electron chi connectivity index (χ0n) is 10.2. The van der Waals surface area contributed by atoms with Gasteiger partial charge in [0.15, 0.2) is 0 Å². The van der Waals surface area contributed by atoms with Gasteiger partial charge in [-0.25, -0.2) is 8.42 Å². The fourth-order valence-corrected chi connectivity index (χ4v) is 3.51. The average Bonchev–Trinajstić information content (AvgIpc) is 2.75. The number of anilines is 1. The van der Waals surface area contributed by atoms with Gasteiger partial charge < -0.3 is 11.1 Å². The number of likely N-dealkylation sites (N-methyl/N-ethyl adjacent to an activating group) is 1. The zero-order valence-corrected chi connectivity index (χ0v) is 11.9. The summed E-state index contributed by atoms with van der Waals surface area (Å²) < 4.78 is 25.2. The van der Waals surface area contributed by atoms with Crippen LogP contribution in [0.1, 0.15) is 13.8 Å². The Morgan fingerprint density at radius 2 is 2.17 bits per heavy atom. The smallest absolute Gasteiger partial charge is 0.272 e. The van der Waals surface area contributed by atoms with Crippen LogP contribution in [0.5, 0.6) is 0 Å². The number of sulfonamides is 1. The number of amides is 1. The van der Waals surface area contributed by atoms with Crippen molar-refractivity contribution in [1.82, 2.24) is 14.5 Å². The van der Waals surface area contributed by atoms with Crippen molar-refractivity contribution in [1.29, 1.82) is 0 Å². The van der Waals surface area contributed by atoms with Gasteiger partial charge >= 0.3 is 0 Å². The van der Waals surface area contributed by atoms with Crippen molar-refractivity contribution in [3.63, 3.8) is 0 Å². The molecule has 10 heteroatoms. The van der Waals surface area contributed by atoms with E-state index in [1.807, 2.05) is 0 Å². The van der Waals surface area contributed by atoms with Crippen LogP contribution in [0.3, 0.4) is 0 Å². The summed E-state index contributed by atoms with van der Waals surface area (Å²) in [5.74, 6) is -0.334. The van der Waals surface area contributed by atoms with E-state index < -0.39 is 10.0 Å². The van der Waals surface area contributed by atoms with Gasteiger partial charge in [-0.1, -0.05) is 11.3 Å². The quantitative estimate of drug-likeness (QED) is 0.704. The van der Waals surface area contributed by atoms with Gasteiger partial charge in [-0.05, 0) is 6.92 Å². The summed E-state index contributed by atoms with van der Waals surface area (Å²) in [4.78, 5) is 10.8. The van der Waals surface area contributed by atoms with Crippen LogP contribution in [-0.2, 0) is 14.8 Å². The lowest BCUT2D eigenvalue weighted by Crippen LogP contribution is -2.39. The monoisotopic (exact) mass is 293 g/mol. The highest BCUT2D eigenvalue weighted by molar-refractivity contribution is 7.91. The van der Waals surface area contributed by atoms with E-state index in [-0.39, 0.29) is 28.0 Å². The van der Waals surface area contributed by atoms with E-state index >= 15 is 0 Å². The number of rotatable bonds is 5. The maximum absolute atomic E-state index is 12.1. The summed E-state index contributed by atoms with van der Waals surface area (Å²) >= 11 is 0.800. The second kappa shape index (κ2) is 5.69. The Morgan fingerprint density at radius 3 is 2.67 bits per heavy atom. The molecule has 102 valence electrons. The third-order valence-electron chi connectivity index (χ3n) is 2.25. The predicted molar refractivity (Wildman–Crippen MR) is 67.7 cm³/mol. The first-order chi connectivity index (χ1) is 8.28. The van der Waals surface area contributed by atoms with Gasteiger partial charge in [-0.2, -0.15) is 4.31 Å². The molecule has 18 heavy (non-hydrogen) atoms. The van der Waals surface area contributed by atoms with Crippen molar-refractivity contribution in [3.8, 4) is 0 Å². The Bertz CT molecular complexity index is 527. The fraction of sp³-hybridized carbons (Fsp3) is 0.625. The molecule has 0 fully saturated rings. The molecule has 1 unspecified atom stereocenters. The number of hydrogen-bond acceptors (Lipinski definition) is 7. The highest BCUT2D eigenvalue weighted by Crippen LogP contribution is 2.23. The van der Waals surface area contributed by atoms with Crippen LogP contribution in [0.15, 0.2) is 4.34 Å². The van der Waals surface area contributed by atoms with Gasteiger partial charge in [0.1, 0.15) is 0 Å². The molecule has 0 radical (unpaired) electrons. The topological polar surface area (TPSA) is 118 Å². The molecule has 1 aromatic heterocycles. The zero-order chi connectivity index (χ0) is 13.9. The van der Waals surface area contributed by atoms with Crippen LogP contribution >= 0.6 is 11.3 Å². The predicted octanol–water partition coefficient (Wildman–Crippen LogP) is -0.536. The first-order valence-electron chi connectivity index (χ1n) is 5.08. The normalized spacial score (nSPS) is 13.6. The van der Waals surface area contributed by atoms with Crippen LogP contribution in [0, 0.1) is 0 Å². The molecule has 0 aliphatic carbocycles. The summed E-state index contributed by atoms with van der Waals surface area (Å²) in [5.41, 5.74) is 5.42. The van der Waals surface area contributed by atoms with Crippen LogP contribution < -0.4 is 11.1 Å². The molecular weight excluding hydrogens is 278 g/mol. The molecule has 1 aromatic rings. The molecular formula is C8H15N5O3S2. The van der Waals surface area contributed by atoms with Crippen LogP contribution in [0.25, 0.3) is 0 Å². The largest absolute Gasteiger partial charge is 0.329 e. The first-order valence-corrected chi connectivity index (χ1v) is 7.34. The molecule has 1 amide bonds. The van der Waals surface area contributed by atoms with E-state index in [4.69, 9.17) is 5.73 Å². The van der Waals surface area contributed by atoms with Gasteiger partial charge in [-0.3, -0.25) is 4.79 Å². The van der Waals surface area contributed by atoms with Crippen molar-refractivity contribution < 1.29 is 13.2 Å². The minimum atomic E-state index is -3.72. The van der Waals surface area contributed by atoms with Gasteiger partial charge in [0, 0.05) is 26.6 Å². The summed E-state index contributed by atoms with van der Waals surface area (Å²) in [6.45, 7) is 3.19. The molecule has 0 saturated carbocycles. The number of carbonyl (C=O) groups excluding carboxylic acids is 1. The summed E-state index contributed by atoms with van der Waals surface area (Å²) in [6, 6.07) is -0.344. The Labute approximate surface area is 109 Å². The Morgan fingerprint density at radius 1 is 1.56 bits per heavy atom. The van der Waals surface area contributed by atoms with Crippen LogP contribution in [0.4, 0.5) is 5.13 Å². The number of aromatic nitrogens is 2. The molecule has 1 atom stereocenters. The standard InChI is InChI=1S/C8H15N5O3S2/c1-5(4-9)13(3)18(15,16)8-12-11-7(17-8)10-6(2)14/h5H,4,9H2,1-3H3,(H,10,11,14). The maximum Gasteiger partial charge on any atom is 0.272 e. The molecule has 1 rings (SSSR count). The number of hydrogen-bond donors (Lipinski definition) is 2. The van der Waals surface area contributed by atoms with Gasteiger partial charge in [0.25, 0.3) is 10.0 Å². The van der Waals surface area contributed by atoms with Crippen molar-refractivity contribution in [2.75, 3.05) is 18.9 Å². The molecule has 0 spiro atoms. The second-order valence-electron chi connectivity index (χ2n) is 3.66. The Hall–Kier alpha value is -1.10. The van der Waals surface area contributed by atoms with Gasteiger partial charge in [0.05, 0.1) is 0 Å². The van der Waals surface area contributed by atoms with E-state index in [0.717, 1.165) is 15.6 Å². The fourth-order valence-electron chi connectivity index (χ4n) is 1.02. The number of nitrogens with zero attached hydrogens (tertiary/aromatic N) is 3. The summed E-state index contributed by atoms with van der Waals surface area (Å²) in [6.07, 6.45) is 0. The van der Waals surface area contributed by atoms with E-state index in [2.05, 4.69) is 15.5 Å². The number of carbonyl (C=O) groups is 1. The lowest BCUT2D eigenvalue weighted by Gasteiger charge is -2.20. The lowest BCUT2D eigenvalue weighted by atomic mass is 10.4. The van der Waals surface area contributed by atoms with Crippen molar-refractivity contribution in [2.24, 2.45) is 5.73 Å². The molecule has 0 saturated heterocycles. The first kappa shape index (κ1) is 15.0. The van der Waals surface area contributed by atoms with Crippen LogP contribution in [0.2, 0.25) is 0 Å². The van der Waals surface area contributed by atoms with Crippen LogP contribution in [-0.4, -0.2) is 48.5 Å². The maximum atomic E-state index is 12.1. The van der Waals surface area contributed by atoms with Crippen molar-refractivity contribution in [2.45, 2.75) is 24.2 Å². The minimum Gasteiger partial charge on any atom is -0.329 e. The number of nitrogens with two attached hydrogens (primary N) is 1. The highest BCUT2D eigenvalue weighted by atomic mass is 32.2. The molecule has 8 nitrogen and oxygen atoms in total. The summed E-state index contributed by atoms with van der Waals surface area (Å²) in [5, 5.41) is 9.68. The highest BCUT2D eigenvalue weighted by Gasteiger charge is 2.28. The summed E-state index contributed by atoms with van der Waals surface area (Å²) in [7, 11) is -2.30. The van der Waals surface area contributed by atoms with E-state index in [9.17, 15) is 13.2 Å². The SMILES string of the molecule is CC(=O)Nc1nnc(S(=O)(=O)N(C)C(C)CN)s1. The number of nitrogens with one attached hydrogen (secondary N) is 1. The Kier molecular flexibility index (Phi) is 4.73. The Balaban J connectivity index is 2.99. The van der Waals surface area contributed by atoms with Crippen molar-refractivity contribution >= 4 is 32.4 Å². The minimum absolute atomic E-state index is 0.148. The van der Waals surface area contributed by atoms with E-state index in [1.165, 1.54) is 14.0 Å². The molecule has 0 aliphatic rings. The molecule has 0 aliphatic heterocycles. The van der Waals surface area contributed by atoms with Gasteiger partial charge in [0.2, 0.25) is 15.4 Å². The van der Waals surface area contributed by atoms with E-state index in [0.29, 0.717) is 0 Å². The molecule has 0 bridgehead atoms. The molecule has 0 aromatic carbocycles. The molecule has 3 N–H and O–H groups in total. The molecule has 1 heterocycles. The van der Waals surface area contributed by atoms with Gasteiger partial charge in [-0.15, -0.1) is 10.2 Å². The van der Waals surface area contributed by atoms with Crippen molar-refractivity contribution in [3.05, 3.63) is 0 Å². The average molecular weight is 293 g/mol. The lowest BCUT2D eigenvalue weighted by molar-refractivity contribution is -0.114. The van der Waals surface area contributed by atoms with E-state index in [1.54, 1.807) is 6.92 Å². The second-order valence-corrected chi connectivity index (χ2v) is 6.81.